The average Bonchev–Trinajstić information content (AvgIpc) is 2.94. The van der Waals surface area contributed by atoms with E-state index in [2.05, 4.69) is 18.7 Å². The quantitative estimate of drug-likeness (QED) is 0.643. The summed E-state index contributed by atoms with van der Waals surface area (Å²) in [5.74, 6) is 1.28. The monoisotopic (exact) mass is 195 g/mol. The number of hydrogen-bond donors (Lipinski definition) is 0. The van der Waals surface area contributed by atoms with E-state index in [-0.39, 0.29) is 0 Å². The maximum absolute atomic E-state index is 10.8. The van der Waals surface area contributed by atoms with Gasteiger partial charge in [0.2, 0.25) is 0 Å². The van der Waals surface area contributed by atoms with Gasteiger partial charge in [-0.25, -0.2) is 0 Å². The summed E-state index contributed by atoms with van der Waals surface area (Å²) in [4.78, 5) is 13.4. The molecular weight excluding hydrogens is 174 g/mol. The van der Waals surface area contributed by atoms with Crippen molar-refractivity contribution in [2.45, 2.75) is 51.6 Å². The third-order valence-electron chi connectivity index (χ3n) is 3.78. The molecule has 0 spiro atoms. The zero-order valence-corrected chi connectivity index (χ0v) is 9.28. The van der Waals surface area contributed by atoms with Gasteiger partial charge in [0.05, 0.1) is 0 Å². The van der Waals surface area contributed by atoms with E-state index < -0.39 is 0 Å². The van der Waals surface area contributed by atoms with Crippen molar-refractivity contribution in [2.75, 3.05) is 6.54 Å². The van der Waals surface area contributed by atoms with Crippen LogP contribution in [0.4, 0.5) is 0 Å². The highest BCUT2D eigenvalue weighted by atomic mass is 16.1. The number of hydrogen-bond acceptors (Lipinski definition) is 2. The Morgan fingerprint density at radius 3 is 2.21 bits per heavy atom. The van der Waals surface area contributed by atoms with Crippen LogP contribution in [0.1, 0.15) is 39.5 Å². The van der Waals surface area contributed by atoms with Crippen LogP contribution in [0.3, 0.4) is 0 Å². The molecule has 2 atom stereocenters. The summed E-state index contributed by atoms with van der Waals surface area (Å²) in [5, 5.41) is 0. The number of rotatable bonds is 3. The van der Waals surface area contributed by atoms with Crippen molar-refractivity contribution in [3.05, 3.63) is 0 Å². The summed E-state index contributed by atoms with van der Waals surface area (Å²) < 4.78 is 0. The molecule has 1 saturated heterocycles. The van der Waals surface area contributed by atoms with E-state index >= 15 is 0 Å². The third-order valence-corrected chi connectivity index (χ3v) is 3.78. The molecule has 0 bridgehead atoms. The fourth-order valence-electron chi connectivity index (χ4n) is 2.75. The van der Waals surface area contributed by atoms with Gasteiger partial charge in [-0.2, -0.15) is 0 Å². The van der Waals surface area contributed by atoms with Crippen LogP contribution in [-0.2, 0) is 4.79 Å². The minimum atomic E-state index is 0.315. The van der Waals surface area contributed by atoms with E-state index in [1.165, 1.54) is 19.4 Å². The van der Waals surface area contributed by atoms with Gasteiger partial charge in [0, 0.05) is 24.5 Å². The van der Waals surface area contributed by atoms with Crippen molar-refractivity contribution in [2.24, 2.45) is 11.8 Å². The molecule has 0 radical (unpaired) electrons. The Bertz CT molecular complexity index is 200. The van der Waals surface area contributed by atoms with Crippen molar-refractivity contribution >= 4 is 6.29 Å². The van der Waals surface area contributed by atoms with Gasteiger partial charge in [-0.05, 0) is 45.4 Å². The molecule has 0 aromatic heterocycles. The normalized spacial score (nSPS) is 39.7. The maximum atomic E-state index is 10.8. The Kier molecular flexibility index (Phi) is 2.91. The Morgan fingerprint density at radius 1 is 1.21 bits per heavy atom. The summed E-state index contributed by atoms with van der Waals surface area (Å²) in [6.45, 7) is 5.82. The van der Waals surface area contributed by atoms with Gasteiger partial charge in [0.25, 0.3) is 0 Å². The predicted molar refractivity (Wildman–Crippen MR) is 57.1 cm³/mol. The van der Waals surface area contributed by atoms with Crippen molar-refractivity contribution in [1.82, 2.24) is 4.90 Å². The van der Waals surface area contributed by atoms with Crippen molar-refractivity contribution in [1.29, 1.82) is 0 Å². The van der Waals surface area contributed by atoms with Crippen LogP contribution in [0.2, 0.25) is 0 Å². The summed E-state index contributed by atoms with van der Waals surface area (Å²) in [7, 11) is 0. The predicted octanol–water partition coefficient (Wildman–Crippen LogP) is 2.08. The average molecular weight is 195 g/mol. The second kappa shape index (κ2) is 4.01. The highest BCUT2D eigenvalue weighted by molar-refractivity contribution is 5.53. The number of likely N-dealkylation sites (tertiary alicyclic amines) is 1. The highest BCUT2D eigenvalue weighted by Gasteiger charge is 2.34. The fourth-order valence-corrected chi connectivity index (χ4v) is 2.75. The topological polar surface area (TPSA) is 20.3 Å². The first-order chi connectivity index (χ1) is 6.70. The zero-order chi connectivity index (χ0) is 10.1. The Morgan fingerprint density at radius 2 is 1.79 bits per heavy atom. The first-order valence-electron chi connectivity index (χ1n) is 5.91. The van der Waals surface area contributed by atoms with Crippen LogP contribution in [-0.4, -0.2) is 29.8 Å². The summed E-state index contributed by atoms with van der Waals surface area (Å²) in [5.41, 5.74) is 0. The van der Waals surface area contributed by atoms with Crippen LogP contribution >= 0.6 is 0 Å². The van der Waals surface area contributed by atoms with Crippen LogP contribution < -0.4 is 0 Å². The number of carbonyl (C=O) groups is 1. The number of nitrogens with zero attached hydrogens (tertiary/aromatic N) is 1. The molecule has 2 heteroatoms. The van der Waals surface area contributed by atoms with Gasteiger partial charge in [-0.1, -0.05) is 0 Å². The van der Waals surface area contributed by atoms with Gasteiger partial charge < -0.3 is 4.79 Å². The van der Waals surface area contributed by atoms with Gasteiger partial charge >= 0.3 is 0 Å². The largest absolute Gasteiger partial charge is 0.303 e. The molecule has 0 N–H and O–H groups in total. The molecule has 1 aliphatic carbocycles. The standard InChI is InChI=1S/C12H21NO/c1-9-5-12(8-14)6-10(2)13(9)7-11-3-4-11/h8-12H,3-7H2,1-2H3/t9-,10-/m1/s1. The number of carbonyl (C=O) groups excluding carboxylic acids is 1. The van der Waals surface area contributed by atoms with Crippen LogP contribution in [0.15, 0.2) is 0 Å². The summed E-state index contributed by atoms with van der Waals surface area (Å²) in [6, 6.07) is 1.21. The Hall–Kier alpha value is -0.370. The lowest BCUT2D eigenvalue weighted by atomic mass is 9.88. The van der Waals surface area contributed by atoms with Crippen molar-refractivity contribution in [3.8, 4) is 0 Å². The Balaban J connectivity index is 1.92. The smallest absolute Gasteiger partial charge is 0.123 e. The zero-order valence-electron chi connectivity index (χ0n) is 9.28. The molecule has 0 aromatic carbocycles. The molecule has 1 saturated carbocycles. The van der Waals surface area contributed by atoms with Crippen molar-refractivity contribution in [3.63, 3.8) is 0 Å². The molecule has 2 nitrogen and oxygen atoms in total. The van der Waals surface area contributed by atoms with Gasteiger partial charge in [-0.3, -0.25) is 4.90 Å². The number of aldehydes is 1. The molecule has 0 aromatic rings. The summed E-state index contributed by atoms with van der Waals surface area (Å²) in [6.07, 6.45) is 6.14. The Labute approximate surface area is 86.7 Å². The minimum Gasteiger partial charge on any atom is -0.303 e. The molecule has 1 aliphatic heterocycles. The second-order valence-electron chi connectivity index (χ2n) is 5.21. The summed E-state index contributed by atoms with van der Waals surface area (Å²) >= 11 is 0. The van der Waals surface area contributed by atoms with Gasteiger partial charge in [0.15, 0.2) is 0 Å². The minimum absolute atomic E-state index is 0.315. The van der Waals surface area contributed by atoms with Crippen molar-refractivity contribution < 1.29 is 4.79 Å². The lowest BCUT2D eigenvalue weighted by molar-refractivity contribution is -0.113. The fraction of sp³-hybridized carbons (Fsp3) is 0.917. The molecule has 80 valence electrons. The lowest BCUT2D eigenvalue weighted by Gasteiger charge is -2.41. The molecular formula is C12H21NO. The second-order valence-corrected chi connectivity index (χ2v) is 5.21. The molecule has 0 unspecified atom stereocenters. The molecule has 2 fully saturated rings. The molecule has 14 heavy (non-hydrogen) atoms. The lowest BCUT2D eigenvalue weighted by Crippen LogP contribution is -2.47. The van der Waals surface area contributed by atoms with Gasteiger partial charge in [0.1, 0.15) is 6.29 Å². The van der Waals surface area contributed by atoms with E-state index in [9.17, 15) is 4.79 Å². The highest BCUT2D eigenvalue weighted by Crippen LogP contribution is 2.34. The van der Waals surface area contributed by atoms with Gasteiger partial charge in [-0.15, -0.1) is 0 Å². The number of piperidine rings is 1. The van der Waals surface area contributed by atoms with Crippen LogP contribution in [0.25, 0.3) is 0 Å². The third kappa shape index (κ3) is 2.17. The van der Waals surface area contributed by atoms with E-state index in [1.54, 1.807) is 0 Å². The first-order valence-corrected chi connectivity index (χ1v) is 5.91. The van der Waals surface area contributed by atoms with E-state index in [1.807, 2.05) is 0 Å². The SMILES string of the molecule is C[C@@H]1CC(C=O)C[C@@H](C)N1CC1CC1. The molecule has 2 aliphatic rings. The van der Waals surface area contributed by atoms with E-state index in [0.717, 1.165) is 25.0 Å². The molecule has 1 heterocycles. The maximum Gasteiger partial charge on any atom is 0.123 e. The van der Waals surface area contributed by atoms with Crippen LogP contribution in [0, 0.1) is 11.8 Å². The first kappa shape index (κ1) is 10.2. The van der Waals surface area contributed by atoms with E-state index in [0.29, 0.717) is 18.0 Å². The molecule has 2 rings (SSSR count). The van der Waals surface area contributed by atoms with Crippen LogP contribution in [0.5, 0.6) is 0 Å². The van der Waals surface area contributed by atoms with E-state index in [4.69, 9.17) is 0 Å². The molecule has 0 amide bonds.